The molecule has 0 N–H and O–H groups in total. The molecule has 12 heteroatoms. The first-order valence-electron chi connectivity index (χ1n) is 8.72. The molecule has 0 atom stereocenters. The fourth-order valence-electron chi connectivity index (χ4n) is 3.33. The first-order valence-corrected chi connectivity index (χ1v) is 11.1. The van der Waals surface area contributed by atoms with Crippen LogP contribution in [0.2, 0.25) is 10.2 Å². The van der Waals surface area contributed by atoms with E-state index >= 15 is 0 Å². The Kier molecular flexibility index (Phi) is 5.87. The van der Waals surface area contributed by atoms with Crippen LogP contribution in [0, 0.1) is 0 Å². The standard InChI is InChI=1S/C17H15Cl2F2N5OS2/c1-25-6-9(12(23-25)15(20)21)17(27)26-4-2-8(3-5-26)16-22-10(7-28-16)13-11(18)14(19)24-29-13/h6-8,15H,2-5H2,1H3. The van der Waals surface area contributed by atoms with Crippen LogP contribution in [0.3, 0.4) is 0 Å². The number of amides is 1. The second kappa shape index (κ2) is 8.25. The largest absolute Gasteiger partial charge is 0.338 e. The Hall–Kier alpha value is -1.62. The van der Waals surface area contributed by atoms with Gasteiger partial charge < -0.3 is 4.90 Å². The third-order valence-corrected chi connectivity index (χ3v) is 7.61. The Morgan fingerprint density at radius 2 is 2.03 bits per heavy atom. The second-order valence-electron chi connectivity index (χ2n) is 6.66. The van der Waals surface area contributed by atoms with Crippen LogP contribution < -0.4 is 0 Å². The van der Waals surface area contributed by atoms with Crippen LogP contribution in [0.15, 0.2) is 11.6 Å². The number of thiazole rings is 1. The number of alkyl halides is 2. The number of piperidine rings is 1. The highest BCUT2D eigenvalue weighted by atomic mass is 35.5. The van der Waals surface area contributed by atoms with Gasteiger partial charge in [-0.2, -0.15) is 9.47 Å². The Morgan fingerprint density at radius 1 is 1.31 bits per heavy atom. The fraction of sp³-hybridized carbons (Fsp3) is 0.412. The van der Waals surface area contributed by atoms with Gasteiger partial charge in [-0.25, -0.2) is 13.8 Å². The van der Waals surface area contributed by atoms with Crippen molar-refractivity contribution in [3.8, 4) is 10.6 Å². The average molecular weight is 478 g/mol. The summed E-state index contributed by atoms with van der Waals surface area (Å²) in [6, 6.07) is 0. The van der Waals surface area contributed by atoms with Gasteiger partial charge in [0, 0.05) is 37.6 Å². The average Bonchev–Trinajstić information content (AvgIpc) is 3.41. The number of hydrogen-bond donors (Lipinski definition) is 0. The molecule has 154 valence electrons. The molecule has 1 amide bonds. The molecule has 0 radical (unpaired) electrons. The molecule has 0 unspecified atom stereocenters. The van der Waals surface area contributed by atoms with Crippen LogP contribution in [-0.4, -0.2) is 43.0 Å². The molecule has 0 bridgehead atoms. The minimum Gasteiger partial charge on any atom is -0.338 e. The Labute approximate surface area is 183 Å². The van der Waals surface area contributed by atoms with Crippen molar-refractivity contribution in [3.63, 3.8) is 0 Å². The Bertz CT molecular complexity index is 1040. The van der Waals surface area contributed by atoms with Gasteiger partial charge in [0.2, 0.25) is 0 Å². The fourth-order valence-corrected chi connectivity index (χ4v) is 5.57. The van der Waals surface area contributed by atoms with E-state index in [-0.39, 0.29) is 16.6 Å². The van der Waals surface area contributed by atoms with Crippen molar-refractivity contribution >= 4 is 52.0 Å². The quantitative estimate of drug-likeness (QED) is 0.513. The minimum absolute atomic E-state index is 0.0331. The van der Waals surface area contributed by atoms with Gasteiger partial charge in [0.1, 0.15) is 5.69 Å². The molecule has 3 aromatic heterocycles. The van der Waals surface area contributed by atoms with Crippen molar-refractivity contribution < 1.29 is 13.6 Å². The highest BCUT2D eigenvalue weighted by molar-refractivity contribution is 7.12. The number of carbonyl (C=O) groups is 1. The predicted molar refractivity (Wildman–Crippen MR) is 109 cm³/mol. The summed E-state index contributed by atoms with van der Waals surface area (Å²) in [4.78, 5) is 19.7. The summed E-state index contributed by atoms with van der Waals surface area (Å²) in [5.41, 5.74) is 0.244. The molecule has 4 heterocycles. The first-order chi connectivity index (χ1) is 13.8. The van der Waals surface area contributed by atoms with Crippen molar-refractivity contribution in [2.45, 2.75) is 25.2 Å². The Balaban J connectivity index is 1.44. The summed E-state index contributed by atoms with van der Waals surface area (Å²) in [5, 5.41) is 7.27. The van der Waals surface area contributed by atoms with Crippen LogP contribution in [0.4, 0.5) is 8.78 Å². The zero-order chi connectivity index (χ0) is 20.7. The molecule has 4 rings (SSSR count). The minimum atomic E-state index is -2.78. The van der Waals surface area contributed by atoms with E-state index in [9.17, 15) is 13.6 Å². The van der Waals surface area contributed by atoms with Crippen LogP contribution in [0.1, 0.15) is 46.2 Å². The third kappa shape index (κ3) is 4.03. The normalized spacial score (nSPS) is 15.4. The molecular weight excluding hydrogens is 463 g/mol. The van der Waals surface area contributed by atoms with E-state index in [0.29, 0.717) is 31.0 Å². The number of nitrogens with zero attached hydrogens (tertiary/aromatic N) is 5. The lowest BCUT2D eigenvalue weighted by Crippen LogP contribution is -2.38. The number of aryl methyl sites for hydroxylation is 1. The van der Waals surface area contributed by atoms with E-state index in [1.54, 1.807) is 4.90 Å². The van der Waals surface area contributed by atoms with Gasteiger partial charge in [-0.1, -0.05) is 23.2 Å². The predicted octanol–water partition coefficient (Wildman–Crippen LogP) is 5.26. The number of carbonyl (C=O) groups excluding carboxylic acids is 1. The van der Waals surface area contributed by atoms with Crippen molar-refractivity contribution in [1.29, 1.82) is 0 Å². The van der Waals surface area contributed by atoms with Crippen LogP contribution in [0.5, 0.6) is 0 Å². The van der Waals surface area contributed by atoms with Crippen molar-refractivity contribution in [2.75, 3.05) is 13.1 Å². The summed E-state index contributed by atoms with van der Waals surface area (Å²) in [7, 11) is 1.53. The molecule has 3 aromatic rings. The number of rotatable bonds is 4. The van der Waals surface area contributed by atoms with Crippen molar-refractivity contribution in [1.82, 2.24) is 24.0 Å². The molecule has 6 nitrogen and oxygen atoms in total. The number of halogens is 4. The Morgan fingerprint density at radius 3 is 2.66 bits per heavy atom. The first kappa shape index (κ1) is 20.6. The summed E-state index contributed by atoms with van der Waals surface area (Å²) in [5.74, 6) is -0.207. The lowest BCUT2D eigenvalue weighted by molar-refractivity contribution is 0.0701. The molecular formula is C17H15Cl2F2N5OS2. The highest BCUT2D eigenvalue weighted by Crippen LogP contribution is 2.39. The maximum Gasteiger partial charge on any atom is 0.282 e. The smallest absolute Gasteiger partial charge is 0.282 e. The van der Waals surface area contributed by atoms with Gasteiger partial charge in [-0.05, 0) is 24.4 Å². The van der Waals surface area contributed by atoms with E-state index in [0.717, 1.165) is 15.6 Å². The van der Waals surface area contributed by atoms with Gasteiger partial charge in [0.25, 0.3) is 12.3 Å². The van der Waals surface area contributed by atoms with E-state index in [1.807, 2.05) is 5.38 Å². The number of hydrogen-bond acceptors (Lipinski definition) is 6. The van der Waals surface area contributed by atoms with Crippen LogP contribution in [0.25, 0.3) is 10.6 Å². The van der Waals surface area contributed by atoms with Crippen LogP contribution >= 0.6 is 46.1 Å². The van der Waals surface area contributed by atoms with E-state index in [1.165, 1.54) is 40.8 Å². The molecule has 0 aliphatic carbocycles. The molecule has 0 spiro atoms. The van der Waals surface area contributed by atoms with Gasteiger partial charge in [-0.3, -0.25) is 9.48 Å². The SMILES string of the molecule is Cn1cc(C(=O)N2CCC(c3nc(-c4snc(Cl)c4Cl)cs3)CC2)c(C(F)F)n1. The molecule has 29 heavy (non-hydrogen) atoms. The topological polar surface area (TPSA) is 63.9 Å². The molecule has 0 aromatic carbocycles. The van der Waals surface area contributed by atoms with Gasteiger partial charge in [0.05, 0.1) is 26.2 Å². The molecule has 1 saturated heterocycles. The number of likely N-dealkylation sites (tertiary alicyclic amines) is 1. The van der Waals surface area contributed by atoms with Gasteiger partial charge >= 0.3 is 0 Å². The van der Waals surface area contributed by atoms with Gasteiger partial charge in [-0.15, -0.1) is 11.3 Å². The van der Waals surface area contributed by atoms with E-state index < -0.39 is 18.0 Å². The second-order valence-corrected chi connectivity index (χ2v) is 9.06. The summed E-state index contributed by atoms with van der Waals surface area (Å²) < 4.78 is 31.6. The molecule has 1 fully saturated rings. The van der Waals surface area contributed by atoms with E-state index in [4.69, 9.17) is 23.2 Å². The third-order valence-electron chi connectivity index (χ3n) is 4.78. The summed E-state index contributed by atoms with van der Waals surface area (Å²) in [6.45, 7) is 0.951. The summed E-state index contributed by atoms with van der Waals surface area (Å²) >= 11 is 14.8. The van der Waals surface area contributed by atoms with Crippen molar-refractivity contribution in [2.24, 2.45) is 7.05 Å². The highest BCUT2D eigenvalue weighted by Gasteiger charge is 2.30. The summed E-state index contributed by atoms with van der Waals surface area (Å²) in [6.07, 6.45) is -0.0127. The monoisotopic (exact) mass is 477 g/mol. The van der Waals surface area contributed by atoms with Gasteiger partial charge in [0.15, 0.2) is 5.15 Å². The lowest BCUT2D eigenvalue weighted by atomic mass is 9.97. The number of aromatic nitrogens is 4. The molecule has 1 aliphatic heterocycles. The molecule has 1 aliphatic rings. The lowest BCUT2D eigenvalue weighted by Gasteiger charge is -2.31. The maximum atomic E-state index is 13.1. The van der Waals surface area contributed by atoms with Crippen LogP contribution in [-0.2, 0) is 7.05 Å². The zero-order valence-electron chi connectivity index (χ0n) is 15.1. The van der Waals surface area contributed by atoms with E-state index in [2.05, 4.69) is 14.5 Å². The maximum absolute atomic E-state index is 13.1. The molecule has 0 saturated carbocycles. The van der Waals surface area contributed by atoms with Crippen molar-refractivity contribution in [3.05, 3.63) is 38.0 Å². The zero-order valence-corrected chi connectivity index (χ0v) is 18.3.